The van der Waals surface area contributed by atoms with Gasteiger partial charge in [0.05, 0.1) is 4.92 Å². The van der Waals surface area contributed by atoms with E-state index in [1.165, 1.54) is 24.3 Å². The van der Waals surface area contributed by atoms with Crippen LogP contribution in [-0.4, -0.2) is 16.0 Å². The van der Waals surface area contributed by atoms with Crippen LogP contribution in [0.1, 0.15) is 18.4 Å². The second-order valence-corrected chi connectivity index (χ2v) is 3.40. The van der Waals surface area contributed by atoms with Crippen molar-refractivity contribution < 1.29 is 14.8 Å². The monoisotopic (exact) mass is 221 g/mol. The predicted octanol–water partition coefficient (Wildman–Crippen LogP) is 2.34. The molecule has 0 bridgehead atoms. The summed E-state index contributed by atoms with van der Waals surface area (Å²) in [4.78, 5) is 20.6. The van der Waals surface area contributed by atoms with E-state index >= 15 is 0 Å². The molecule has 0 aliphatic carbocycles. The minimum atomic E-state index is -1.06. The number of carbonyl (C=O) groups is 1. The third kappa shape index (κ3) is 2.44. The molecule has 0 aliphatic rings. The molecule has 0 amide bonds. The van der Waals surface area contributed by atoms with E-state index in [4.69, 9.17) is 5.11 Å². The molecule has 0 aromatic heterocycles. The van der Waals surface area contributed by atoms with Gasteiger partial charge in [-0.25, -0.2) is 4.79 Å². The number of nitro groups is 1. The standard InChI is InChI=1S/C11H11NO4/c1-7(8(2)11(13)14)9-3-5-10(6-4-9)12(15)16/h3-7H,2H2,1H3,(H,13,14). The fourth-order valence-electron chi connectivity index (χ4n) is 1.27. The van der Waals surface area contributed by atoms with Gasteiger partial charge in [0, 0.05) is 23.6 Å². The zero-order chi connectivity index (χ0) is 12.3. The van der Waals surface area contributed by atoms with Crippen LogP contribution in [0.4, 0.5) is 5.69 Å². The quantitative estimate of drug-likeness (QED) is 0.480. The number of non-ortho nitro benzene ring substituents is 1. The third-order valence-electron chi connectivity index (χ3n) is 2.40. The summed E-state index contributed by atoms with van der Waals surface area (Å²) >= 11 is 0. The van der Waals surface area contributed by atoms with Gasteiger partial charge in [-0.1, -0.05) is 25.6 Å². The van der Waals surface area contributed by atoms with Crippen LogP contribution in [0.15, 0.2) is 36.4 Å². The number of benzene rings is 1. The van der Waals surface area contributed by atoms with E-state index in [0.29, 0.717) is 5.56 Å². The molecule has 1 aromatic rings. The van der Waals surface area contributed by atoms with E-state index < -0.39 is 10.9 Å². The van der Waals surface area contributed by atoms with Crippen molar-refractivity contribution in [2.24, 2.45) is 0 Å². The Kier molecular flexibility index (Phi) is 3.40. The summed E-state index contributed by atoms with van der Waals surface area (Å²) in [5.74, 6) is -1.43. The Hall–Kier alpha value is -2.17. The Balaban J connectivity index is 2.94. The lowest BCUT2D eigenvalue weighted by Crippen LogP contribution is -2.07. The van der Waals surface area contributed by atoms with Gasteiger partial charge in [-0.3, -0.25) is 10.1 Å². The van der Waals surface area contributed by atoms with E-state index in [0.717, 1.165) is 0 Å². The Labute approximate surface area is 92.2 Å². The van der Waals surface area contributed by atoms with Gasteiger partial charge >= 0.3 is 5.97 Å². The van der Waals surface area contributed by atoms with Gasteiger partial charge < -0.3 is 5.11 Å². The lowest BCUT2D eigenvalue weighted by Gasteiger charge is -2.10. The van der Waals surface area contributed by atoms with Crippen LogP contribution in [0.3, 0.4) is 0 Å². The summed E-state index contributed by atoms with van der Waals surface area (Å²) < 4.78 is 0. The number of carboxylic acids is 1. The van der Waals surface area contributed by atoms with E-state index in [-0.39, 0.29) is 17.2 Å². The first-order chi connectivity index (χ1) is 7.43. The average Bonchev–Trinajstić information content (AvgIpc) is 2.27. The van der Waals surface area contributed by atoms with Crippen LogP contribution in [-0.2, 0) is 4.79 Å². The molecule has 0 aliphatic heterocycles. The molecule has 1 N–H and O–H groups in total. The summed E-state index contributed by atoms with van der Waals surface area (Å²) in [5, 5.41) is 19.2. The number of nitro benzene ring substituents is 1. The number of nitrogens with zero attached hydrogens (tertiary/aromatic N) is 1. The first-order valence-electron chi connectivity index (χ1n) is 4.60. The fourth-order valence-corrected chi connectivity index (χ4v) is 1.27. The highest BCUT2D eigenvalue weighted by atomic mass is 16.6. The molecular weight excluding hydrogens is 210 g/mol. The van der Waals surface area contributed by atoms with Gasteiger partial charge in [0.1, 0.15) is 0 Å². The second-order valence-electron chi connectivity index (χ2n) is 3.40. The van der Waals surface area contributed by atoms with Crippen molar-refractivity contribution in [3.05, 3.63) is 52.1 Å². The van der Waals surface area contributed by atoms with E-state index in [1.807, 2.05) is 0 Å². The van der Waals surface area contributed by atoms with Crippen LogP contribution in [0.5, 0.6) is 0 Å². The Morgan fingerprint density at radius 3 is 2.31 bits per heavy atom. The van der Waals surface area contributed by atoms with Crippen molar-refractivity contribution in [2.45, 2.75) is 12.8 Å². The predicted molar refractivity (Wildman–Crippen MR) is 58.3 cm³/mol. The lowest BCUT2D eigenvalue weighted by atomic mass is 9.94. The smallest absolute Gasteiger partial charge is 0.331 e. The zero-order valence-corrected chi connectivity index (χ0v) is 8.71. The van der Waals surface area contributed by atoms with Crippen molar-refractivity contribution in [1.29, 1.82) is 0 Å². The maximum atomic E-state index is 10.7. The number of carboxylic acid groups (broad SMARTS) is 1. The molecule has 0 spiro atoms. The summed E-state index contributed by atoms with van der Waals surface area (Å²) in [5.41, 5.74) is 0.740. The molecule has 5 nitrogen and oxygen atoms in total. The van der Waals surface area contributed by atoms with Crippen molar-refractivity contribution in [3.8, 4) is 0 Å². The number of hydrogen-bond donors (Lipinski definition) is 1. The molecule has 84 valence electrons. The molecule has 0 fully saturated rings. The number of rotatable bonds is 4. The largest absolute Gasteiger partial charge is 0.478 e. The zero-order valence-electron chi connectivity index (χ0n) is 8.71. The van der Waals surface area contributed by atoms with Crippen LogP contribution in [0.2, 0.25) is 0 Å². The van der Waals surface area contributed by atoms with Crippen molar-refractivity contribution in [2.75, 3.05) is 0 Å². The molecular formula is C11H11NO4. The topological polar surface area (TPSA) is 80.4 Å². The molecule has 0 saturated carbocycles. The van der Waals surface area contributed by atoms with Crippen molar-refractivity contribution >= 4 is 11.7 Å². The Bertz CT molecular complexity index is 436. The molecule has 1 aromatic carbocycles. The third-order valence-corrected chi connectivity index (χ3v) is 2.40. The van der Waals surface area contributed by atoms with Gasteiger partial charge in [-0.05, 0) is 5.56 Å². The summed E-state index contributed by atoms with van der Waals surface area (Å²) in [6.45, 7) is 5.15. The van der Waals surface area contributed by atoms with E-state index in [9.17, 15) is 14.9 Å². The normalized spacial score (nSPS) is 11.8. The molecule has 1 unspecified atom stereocenters. The molecule has 1 atom stereocenters. The minimum absolute atomic E-state index is 0.0168. The van der Waals surface area contributed by atoms with Gasteiger partial charge in [0.2, 0.25) is 0 Å². The Morgan fingerprint density at radius 1 is 1.44 bits per heavy atom. The van der Waals surface area contributed by atoms with E-state index in [2.05, 4.69) is 6.58 Å². The molecule has 0 radical (unpaired) electrons. The first kappa shape index (κ1) is 11.9. The number of hydrogen-bond acceptors (Lipinski definition) is 3. The maximum absolute atomic E-state index is 10.7. The molecule has 16 heavy (non-hydrogen) atoms. The number of aliphatic carboxylic acids is 1. The van der Waals surface area contributed by atoms with Crippen LogP contribution in [0.25, 0.3) is 0 Å². The van der Waals surface area contributed by atoms with Crippen molar-refractivity contribution in [3.63, 3.8) is 0 Å². The highest BCUT2D eigenvalue weighted by molar-refractivity contribution is 5.87. The molecule has 1 rings (SSSR count). The van der Waals surface area contributed by atoms with Crippen LogP contribution < -0.4 is 0 Å². The first-order valence-corrected chi connectivity index (χ1v) is 4.60. The van der Waals surface area contributed by atoms with Gasteiger partial charge in [0.15, 0.2) is 0 Å². The Morgan fingerprint density at radius 2 is 1.94 bits per heavy atom. The van der Waals surface area contributed by atoms with Gasteiger partial charge in [-0.2, -0.15) is 0 Å². The van der Waals surface area contributed by atoms with Crippen LogP contribution in [0, 0.1) is 10.1 Å². The summed E-state index contributed by atoms with van der Waals surface area (Å²) in [6.07, 6.45) is 0. The molecule has 5 heteroatoms. The highest BCUT2D eigenvalue weighted by Crippen LogP contribution is 2.24. The molecule has 0 saturated heterocycles. The fraction of sp³-hybridized carbons (Fsp3) is 0.182. The van der Waals surface area contributed by atoms with Crippen molar-refractivity contribution in [1.82, 2.24) is 0 Å². The second kappa shape index (κ2) is 4.57. The maximum Gasteiger partial charge on any atom is 0.331 e. The highest BCUT2D eigenvalue weighted by Gasteiger charge is 2.16. The molecule has 0 heterocycles. The summed E-state index contributed by atoms with van der Waals surface area (Å²) in [6, 6.07) is 5.77. The van der Waals surface area contributed by atoms with Gasteiger partial charge in [0.25, 0.3) is 5.69 Å². The summed E-state index contributed by atoms with van der Waals surface area (Å²) in [7, 11) is 0. The minimum Gasteiger partial charge on any atom is -0.478 e. The van der Waals surface area contributed by atoms with Gasteiger partial charge in [-0.15, -0.1) is 0 Å². The van der Waals surface area contributed by atoms with Crippen LogP contribution >= 0.6 is 0 Å². The van der Waals surface area contributed by atoms with E-state index in [1.54, 1.807) is 6.92 Å². The average molecular weight is 221 g/mol. The lowest BCUT2D eigenvalue weighted by molar-refractivity contribution is -0.384. The SMILES string of the molecule is C=C(C(=O)O)C(C)c1ccc([N+](=O)[O-])cc1.